The molecule has 0 radical (unpaired) electrons. The molecule has 138 valence electrons. The Morgan fingerprint density at radius 3 is 2.46 bits per heavy atom. The first-order chi connectivity index (χ1) is 12.5. The van der Waals surface area contributed by atoms with Crippen molar-refractivity contribution in [2.45, 2.75) is 38.5 Å². The maximum Gasteiger partial charge on any atom is 0.307 e. The van der Waals surface area contributed by atoms with Gasteiger partial charge in [0.1, 0.15) is 5.00 Å². The van der Waals surface area contributed by atoms with Crippen LogP contribution in [-0.2, 0) is 22.4 Å². The van der Waals surface area contributed by atoms with Gasteiger partial charge in [0.25, 0.3) is 5.91 Å². The first kappa shape index (κ1) is 17.3. The molecule has 0 unspecified atom stereocenters. The van der Waals surface area contributed by atoms with Crippen LogP contribution < -0.4 is 11.1 Å². The van der Waals surface area contributed by atoms with Gasteiger partial charge in [0.15, 0.2) is 0 Å². The molecule has 26 heavy (non-hydrogen) atoms. The molecule has 7 heteroatoms. The average molecular weight is 374 g/mol. The number of hydrogen-bond donors (Lipinski definition) is 3. The molecule has 4 atom stereocenters. The number of carboxylic acid groups (broad SMARTS) is 1. The SMILES string of the molecule is NC(=O)c1c(NC(=O)[C@@H]2[C@@H](C(=O)O)[C@H]3C=C[C@@H]2C3)sc2c1CCCCC2. The van der Waals surface area contributed by atoms with Gasteiger partial charge in [0, 0.05) is 4.88 Å². The molecule has 2 amide bonds. The molecule has 0 aromatic carbocycles. The lowest BCUT2D eigenvalue weighted by Crippen LogP contribution is -2.36. The number of anilines is 1. The largest absolute Gasteiger partial charge is 0.481 e. The van der Waals surface area contributed by atoms with Crippen molar-refractivity contribution in [2.75, 3.05) is 5.32 Å². The summed E-state index contributed by atoms with van der Waals surface area (Å²) in [5.74, 6) is -3.18. The molecule has 1 heterocycles. The number of allylic oxidation sites excluding steroid dienone is 2. The lowest BCUT2D eigenvalue weighted by molar-refractivity contribution is -0.146. The van der Waals surface area contributed by atoms with Crippen molar-refractivity contribution in [3.63, 3.8) is 0 Å². The number of rotatable bonds is 4. The zero-order chi connectivity index (χ0) is 18.4. The van der Waals surface area contributed by atoms with Gasteiger partial charge in [-0.1, -0.05) is 18.6 Å². The Hall–Kier alpha value is -2.15. The van der Waals surface area contributed by atoms with Gasteiger partial charge in [-0.25, -0.2) is 0 Å². The number of aliphatic carboxylic acids is 1. The Morgan fingerprint density at radius 1 is 1.08 bits per heavy atom. The quantitative estimate of drug-likeness (QED) is 0.556. The second-order valence-corrected chi connectivity index (χ2v) is 8.57. The summed E-state index contributed by atoms with van der Waals surface area (Å²) < 4.78 is 0. The molecule has 2 bridgehead atoms. The van der Waals surface area contributed by atoms with E-state index >= 15 is 0 Å². The fourth-order valence-corrected chi connectivity index (χ4v) is 6.10. The van der Waals surface area contributed by atoms with Gasteiger partial charge in [-0.05, 0) is 49.5 Å². The normalized spacial score (nSPS) is 29.2. The minimum Gasteiger partial charge on any atom is -0.481 e. The molecule has 3 aliphatic carbocycles. The molecule has 1 aromatic heterocycles. The minimum atomic E-state index is -0.931. The highest BCUT2D eigenvalue weighted by Crippen LogP contribution is 2.49. The minimum absolute atomic E-state index is 0.0454. The van der Waals surface area contributed by atoms with Crippen LogP contribution in [0.1, 0.15) is 46.5 Å². The van der Waals surface area contributed by atoms with Crippen LogP contribution in [0.5, 0.6) is 0 Å². The summed E-state index contributed by atoms with van der Waals surface area (Å²) in [6, 6.07) is 0. The van der Waals surface area contributed by atoms with E-state index in [2.05, 4.69) is 5.32 Å². The summed E-state index contributed by atoms with van der Waals surface area (Å²) in [5, 5.41) is 12.9. The Bertz CT molecular complexity index is 813. The lowest BCUT2D eigenvalue weighted by Gasteiger charge is -2.23. The second-order valence-electron chi connectivity index (χ2n) is 7.46. The fraction of sp³-hybridized carbons (Fsp3) is 0.526. The van der Waals surface area contributed by atoms with Gasteiger partial charge < -0.3 is 16.2 Å². The standard InChI is InChI=1S/C19H22N2O4S/c20-16(22)15-11-4-2-1-3-5-12(11)26-18(15)21-17(23)13-9-6-7-10(8-9)14(13)19(24)25/h6-7,9-10,13-14H,1-5,8H2,(H2,20,22)(H,21,23)(H,24,25)/t9-,10+,13+,14+/m1/s1. The van der Waals surface area contributed by atoms with Crippen molar-refractivity contribution in [3.05, 3.63) is 28.2 Å². The third-order valence-electron chi connectivity index (χ3n) is 5.95. The highest BCUT2D eigenvalue weighted by molar-refractivity contribution is 7.17. The number of carbonyl (C=O) groups excluding carboxylic acids is 2. The van der Waals surface area contributed by atoms with Gasteiger partial charge in [-0.3, -0.25) is 14.4 Å². The van der Waals surface area contributed by atoms with E-state index in [0.29, 0.717) is 17.0 Å². The van der Waals surface area contributed by atoms with E-state index in [0.717, 1.165) is 42.5 Å². The first-order valence-corrected chi connectivity index (χ1v) is 9.95. The number of nitrogens with two attached hydrogens (primary N) is 1. The van der Waals surface area contributed by atoms with Crippen LogP contribution in [0.15, 0.2) is 12.2 Å². The molecule has 3 aliphatic rings. The van der Waals surface area contributed by atoms with E-state index in [1.165, 1.54) is 11.3 Å². The summed E-state index contributed by atoms with van der Waals surface area (Å²) in [6.07, 6.45) is 9.46. The Labute approximate surface area is 155 Å². The second kappa shape index (κ2) is 6.54. The Kier molecular flexibility index (Phi) is 4.34. The summed E-state index contributed by atoms with van der Waals surface area (Å²) in [4.78, 5) is 37.7. The van der Waals surface area contributed by atoms with Crippen molar-refractivity contribution in [3.8, 4) is 0 Å². The monoisotopic (exact) mass is 374 g/mol. The third kappa shape index (κ3) is 2.74. The van der Waals surface area contributed by atoms with Gasteiger partial charge in [0.2, 0.25) is 5.91 Å². The summed E-state index contributed by atoms with van der Waals surface area (Å²) in [5.41, 5.74) is 7.00. The molecular weight excluding hydrogens is 352 g/mol. The molecule has 4 rings (SSSR count). The van der Waals surface area contributed by atoms with Crippen molar-refractivity contribution in [1.29, 1.82) is 0 Å². The van der Waals surface area contributed by atoms with Crippen molar-refractivity contribution >= 4 is 34.1 Å². The Balaban J connectivity index is 1.63. The highest BCUT2D eigenvalue weighted by Gasteiger charge is 2.51. The van der Waals surface area contributed by atoms with E-state index in [1.54, 1.807) is 0 Å². The van der Waals surface area contributed by atoms with Crippen LogP contribution in [0.3, 0.4) is 0 Å². The number of primary amides is 1. The summed E-state index contributed by atoms with van der Waals surface area (Å²) in [6.45, 7) is 0. The molecule has 1 saturated carbocycles. The van der Waals surface area contributed by atoms with Gasteiger partial charge >= 0.3 is 5.97 Å². The number of amides is 2. The van der Waals surface area contributed by atoms with E-state index in [1.807, 2.05) is 12.2 Å². The van der Waals surface area contributed by atoms with Gasteiger partial charge in [-0.15, -0.1) is 11.3 Å². The van der Waals surface area contributed by atoms with E-state index < -0.39 is 23.7 Å². The van der Waals surface area contributed by atoms with Crippen LogP contribution >= 0.6 is 11.3 Å². The Morgan fingerprint density at radius 2 is 1.77 bits per heavy atom. The first-order valence-electron chi connectivity index (χ1n) is 9.13. The summed E-state index contributed by atoms with van der Waals surface area (Å²) in [7, 11) is 0. The van der Waals surface area contributed by atoms with Crippen molar-refractivity contribution < 1.29 is 19.5 Å². The predicted molar refractivity (Wildman–Crippen MR) is 98.1 cm³/mol. The molecule has 1 fully saturated rings. The average Bonchev–Trinajstić information content (AvgIpc) is 3.23. The van der Waals surface area contributed by atoms with E-state index in [4.69, 9.17) is 5.73 Å². The number of thiophene rings is 1. The lowest BCUT2D eigenvalue weighted by atomic mass is 9.82. The van der Waals surface area contributed by atoms with Crippen LogP contribution in [0.25, 0.3) is 0 Å². The molecule has 6 nitrogen and oxygen atoms in total. The van der Waals surface area contributed by atoms with Crippen molar-refractivity contribution in [2.24, 2.45) is 29.4 Å². The maximum absolute atomic E-state index is 12.9. The fourth-order valence-electron chi connectivity index (χ4n) is 4.80. The number of aryl methyl sites for hydroxylation is 1. The zero-order valence-corrected chi connectivity index (χ0v) is 15.2. The summed E-state index contributed by atoms with van der Waals surface area (Å²) >= 11 is 1.42. The van der Waals surface area contributed by atoms with Crippen LogP contribution in [0, 0.1) is 23.7 Å². The number of carbonyl (C=O) groups is 3. The van der Waals surface area contributed by atoms with E-state index in [9.17, 15) is 19.5 Å². The molecular formula is C19H22N2O4S. The molecule has 0 aliphatic heterocycles. The zero-order valence-electron chi connectivity index (χ0n) is 14.4. The van der Waals surface area contributed by atoms with Crippen LogP contribution in [0.2, 0.25) is 0 Å². The number of nitrogens with one attached hydrogen (secondary N) is 1. The maximum atomic E-state index is 12.9. The van der Waals surface area contributed by atoms with Crippen molar-refractivity contribution in [1.82, 2.24) is 0 Å². The van der Waals surface area contributed by atoms with Crippen LogP contribution in [0.4, 0.5) is 5.00 Å². The number of hydrogen-bond acceptors (Lipinski definition) is 4. The number of carboxylic acids is 1. The van der Waals surface area contributed by atoms with Crippen LogP contribution in [-0.4, -0.2) is 22.9 Å². The third-order valence-corrected chi connectivity index (χ3v) is 7.16. The predicted octanol–water partition coefficient (Wildman–Crippen LogP) is 2.58. The van der Waals surface area contributed by atoms with E-state index in [-0.39, 0.29) is 17.7 Å². The molecule has 0 spiro atoms. The topological polar surface area (TPSA) is 109 Å². The smallest absolute Gasteiger partial charge is 0.307 e. The van der Waals surface area contributed by atoms with Gasteiger partial charge in [0.05, 0.1) is 17.4 Å². The molecule has 0 saturated heterocycles. The van der Waals surface area contributed by atoms with Gasteiger partial charge in [-0.2, -0.15) is 0 Å². The molecule has 4 N–H and O–H groups in total. The highest BCUT2D eigenvalue weighted by atomic mass is 32.1. The number of fused-ring (bicyclic) bond motifs is 3. The molecule has 1 aromatic rings.